The molecule has 0 spiro atoms. The first-order valence-corrected chi connectivity index (χ1v) is 7.10. The number of rotatable bonds is 3. The molecule has 110 valence electrons. The zero-order chi connectivity index (χ0) is 15.5. The minimum Gasteiger partial charge on any atom is -0.417 e. The van der Waals surface area contributed by atoms with Gasteiger partial charge in [-0.2, -0.15) is 0 Å². The molecule has 3 nitrogen and oxygen atoms in total. The van der Waals surface area contributed by atoms with Crippen LogP contribution in [-0.2, 0) is 0 Å². The monoisotopic (exact) mass is 334 g/mol. The van der Waals surface area contributed by atoms with E-state index in [1.54, 1.807) is 42.5 Å². The van der Waals surface area contributed by atoms with Gasteiger partial charge in [0.25, 0.3) is 0 Å². The first-order chi connectivity index (χ1) is 10.6. The Kier molecular flexibility index (Phi) is 4.22. The SMILES string of the molecule is Fc1ccc(/C=C\c2nnc(-c3ccc(Cl)cc3Cl)o2)cc1. The molecule has 2 aromatic carbocycles. The summed E-state index contributed by atoms with van der Waals surface area (Å²) in [5.74, 6) is 0.348. The highest BCUT2D eigenvalue weighted by Gasteiger charge is 2.11. The number of hydrogen-bond donors (Lipinski definition) is 0. The fourth-order valence-electron chi connectivity index (χ4n) is 1.82. The lowest BCUT2D eigenvalue weighted by molar-refractivity contribution is 0.558. The average molecular weight is 335 g/mol. The highest BCUT2D eigenvalue weighted by molar-refractivity contribution is 6.36. The highest BCUT2D eigenvalue weighted by atomic mass is 35.5. The Morgan fingerprint density at radius 2 is 1.73 bits per heavy atom. The van der Waals surface area contributed by atoms with Crippen molar-refractivity contribution in [3.8, 4) is 11.5 Å². The normalized spacial score (nSPS) is 11.2. The molecule has 3 aromatic rings. The van der Waals surface area contributed by atoms with Crippen LogP contribution in [0.5, 0.6) is 0 Å². The van der Waals surface area contributed by atoms with Crippen LogP contribution < -0.4 is 0 Å². The van der Waals surface area contributed by atoms with Crippen molar-refractivity contribution in [1.82, 2.24) is 10.2 Å². The van der Waals surface area contributed by atoms with E-state index in [0.29, 0.717) is 27.4 Å². The van der Waals surface area contributed by atoms with Crippen molar-refractivity contribution in [2.45, 2.75) is 0 Å². The third-order valence-electron chi connectivity index (χ3n) is 2.89. The predicted molar refractivity (Wildman–Crippen MR) is 85.1 cm³/mol. The number of benzene rings is 2. The van der Waals surface area contributed by atoms with E-state index in [1.165, 1.54) is 12.1 Å². The first kappa shape index (κ1) is 14.8. The average Bonchev–Trinajstić information content (AvgIpc) is 2.95. The minimum atomic E-state index is -0.283. The second-order valence-electron chi connectivity index (χ2n) is 4.45. The van der Waals surface area contributed by atoms with E-state index < -0.39 is 0 Å². The van der Waals surface area contributed by atoms with Crippen molar-refractivity contribution in [2.75, 3.05) is 0 Å². The van der Waals surface area contributed by atoms with Crippen LogP contribution in [0.25, 0.3) is 23.6 Å². The van der Waals surface area contributed by atoms with Crippen molar-refractivity contribution in [3.05, 3.63) is 69.8 Å². The van der Waals surface area contributed by atoms with Gasteiger partial charge in [0.2, 0.25) is 11.8 Å². The van der Waals surface area contributed by atoms with E-state index in [0.717, 1.165) is 5.56 Å². The number of hydrogen-bond acceptors (Lipinski definition) is 3. The van der Waals surface area contributed by atoms with E-state index in [4.69, 9.17) is 27.6 Å². The topological polar surface area (TPSA) is 38.9 Å². The molecule has 0 bridgehead atoms. The molecule has 0 aliphatic heterocycles. The number of halogens is 3. The van der Waals surface area contributed by atoms with Gasteiger partial charge in [-0.3, -0.25) is 0 Å². The molecular formula is C16H9Cl2FN2O. The lowest BCUT2D eigenvalue weighted by Crippen LogP contribution is -1.79. The standard InChI is InChI=1S/C16H9Cl2FN2O/c17-11-4-7-13(14(18)9-11)16-21-20-15(22-16)8-3-10-1-5-12(19)6-2-10/h1-9H/b8-3-. The molecule has 0 amide bonds. The lowest BCUT2D eigenvalue weighted by Gasteiger charge is -1.98. The Hall–Kier alpha value is -2.17. The van der Waals surface area contributed by atoms with Gasteiger partial charge in [-0.25, -0.2) is 4.39 Å². The van der Waals surface area contributed by atoms with Crippen LogP contribution in [0.15, 0.2) is 46.9 Å². The Bertz CT molecular complexity index is 828. The van der Waals surface area contributed by atoms with Crippen LogP contribution >= 0.6 is 23.2 Å². The van der Waals surface area contributed by atoms with E-state index in [9.17, 15) is 4.39 Å². The van der Waals surface area contributed by atoms with Gasteiger partial charge in [0.15, 0.2) is 0 Å². The van der Waals surface area contributed by atoms with Gasteiger partial charge in [-0.1, -0.05) is 35.3 Å². The quantitative estimate of drug-likeness (QED) is 0.647. The summed E-state index contributed by atoms with van der Waals surface area (Å²) in [6, 6.07) is 11.1. The second-order valence-corrected chi connectivity index (χ2v) is 5.30. The Morgan fingerprint density at radius 1 is 0.955 bits per heavy atom. The van der Waals surface area contributed by atoms with E-state index in [2.05, 4.69) is 10.2 Å². The van der Waals surface area contributed by atoms with E-state index >= 15 is 0 Å². The molecule has 0 radical (unpaired) electrons. The van der Waals surface area contributed by atoms with Crippen molar-refractivity contribution in [1.29, 1.82) is 0 Å². The maximum atomic E-state index is 12.8. The molecule has 0 N–H and O–H groups in total. The van der Waals surface area contributed by atoms with Crippen LogP contribution in [0.1, 0.15) is 11.5 Å². The molecule has 0 fully saturated rings. The largest absolute Gasteiger partial charge is 0.417 e. The van der Waals surface area contributed by atoms with Gasteiger partial charge in [-0.05, 0) is 42.0 Å². The Morgan fingerprint density at radius 3 is 2.45 bits per heavy atom. The molecule has 0 unspecified atom stereocenters. The lowest BCUT2D eigenvalue weighted by atomic mass is 10.2. The molecule has 1 aromatic heterocycles. The summed E-state index contributed by atoms with van der Waals surface area (Å²) in [5, 5.41) is 8.83. The molecular weight excluding hydrogens is 326 g/mol. The summed E-state index contributed by atoms with van der Waals surface area (Å²) in [7, 11) is 0. The maximum Gasteiger partial charge on any atom is 0.249 e. The summed E-state index contributed by atoms with van der Waals surface area (Å²) in [6.45, 7) is 0. The van der Waals surface area contributed by atoms with Gasteiger partial charge in [0.05, 0.1) is 10.6 Å². The van der Waals surface area contributed by atoms with Crippen molar-refractivity contribution in [3.63, 3.8) is 0 Å². The third kappa shape index (κ3) is 3.35. The van der Waals surface area contributed by atoms with Crippen LogP contribution in [0.4, 0.5) is 4.39 Å². The van der Waals surface area contributed by atoms with Crippen LogP contribution in [-0.4, -0.2) is 10.2 Å². The van der Waals surface area contributed by atoms with Crippen LogP contribution in [0.3, 0.4) is 0 Å². The molecule has 1 heterocycles. The Labute approximate surface area is 136 Å². The number of aromatic nitrogens is 2. The van der Waals surface area contributed by atoms with Gasteiger partial charge in [-0.15, -0.1) is 10.2 Å². The minimum absolute atomic E-state index is 0.283. The van der Waals surface area contributed by atoms with Crippen molar-refractivity contribution in [2.24, 2.45) is 0 Å². The molecule has 0 saturated heterocycles. The molecule has 3 rings (SSSR count). The molecule has 0 aliphatic rings. The summed E-state index contributed by atoms with van der Waals surface area (Å²) < 4.78 is 18.3. The van der Waals surface area contributed by atoms with E-state index in [1.807, 2.05) is 0 Å². The van der Waals surface area contributed by atoms with Crippen LogP contribution in [0.2, 0.25) is 10.0 Å². The second kappa shape index (κ2) is 6.30. The fourth-order valence-corrected chi connectivity index (χ4v) is 2.30. The van der Waals surface area contributed by atoms with Crippen molar-refractivity contribution < 1.29 is 8.81 Å². The third-order valence-corrected chi connectivity index (χ3v) is 3.44. The predicted octanol–water partition coefficient (Wildman–Crippen LogP) is 5.35. The Balaban J connectivity index is 1.83. The van der Waals surface area contributed by atoms with Gasteiger partial charge < -0.3 is 4.42 Å². The highest BCUT2D eigenvalue weighted by Crippen LogP contribution is 2.29. The van der Waals surface area contributed by atoms with Gasteiger partial charge >= 0.3 is 0 Å². The summed E-state index contributed by atoms with van der Waals surface area (Å²) in [4.78, 5) is 0. The molecule has 0 atom stereocenters. The summed E-state index contributed by atoms with van der Waals surface area (Å²) in [6.07, 6.45) is 3.40. The summed E-state index contributed by atoms with van der Waals surface area (Å²) >= 11 is 11.9. The number of nitrogens with zero attached hydrogens (tertiary/aromatic N) is 2. The first-order valence-electron chi connectivity index (χ1n) is 6.34. The van der Waals surface area contributed by atoms with Crippen molar-refractivity contribution >= 4 is 35.4 Å². The fraction of sp³-hybridized carbons (Fsp3) is 0. The zero-order valence-electron chi connectivity index (χ0n) is 11.1. The van der Waals surface area contributed by atoms with Gasteiger partial charge in [0, 0.05) is 11.1 Å². The summed E-state index contributed by atoms with van der Waals surface area (Å²) in [5.41, 5.74) is 1.44. The van der Waals surface area contributed by atoms with Gasteiger partial charge in [0.1, 0.15) is 5.82 Å². The molecule has 0 aliphatic carbocycles. The smallest absolute Gasteiger partial charge is 0.249 e. The molecule has 22 heavy (non-hydrogen) atoms. The molecule has 0 saturated carbocycles. The van der Waals surface area contributed by atoms with E-state index in [-0.39, 0.29) is 5.82 Å². The maximum absolute atomic E-state index is 12.8. The molecule has 6 heteroatoms. The van der Waals surface area contributed by atoms with Crippen LogP contribution in [0, 0.1) is 5.82 Å². The zero-order valence-corrected chi connectivity index (χ0v) is 12.6.